The molecule has 0 aliphatic carbocycles. The van der Waals surface area contributed by atoms with Crippen LogP contribution in [0, 0.1) is 11.6 Å². The predicted molar refractivity (Wildman–Crippen MR) is 83.5 cm³/mol. The number of thiazole rings is 1. The van der Waals surface area contributed by atoms with Crippen molar-refractivity contribution in [3.8, 4) is 10.6 Å². The van der Waals surface area contributed by atoms with E-state index in [2.05, 4.69) is 17.2 Å². The predicted octanol–water partition coefficient (Wildman–Crippen LogP) is 4.54. The van der Waals surface area contributed by atoms with E-state index in [0.29, 0.717) is 11.6 Å². The van der Waals surface area contributed by atoms with Crippen molar-refractivity contribution in [1.29, 1.82) is 0 Å². The molecule has 114 valence electrons. The van der Waals surface area contributed by atoms with E-state index in [9.17, 15) is 8.78 Å². The third-order valence-electron chi connectivity index (χ3n) is 3.28. The van der Waals surface area contributed by atoms with Gasteiger partial charge in [-0.05, 0) is 31.5 Å². The topological polar surface area (TPSA) is 24.9 Å². The number of halogens is 2. The monoisotopic (exact) mass is 310 g/mol. The molecule has 0 saturated heterocycles. The van der Waals surface area contributed by atoms with Crippen LogP contribution in [0.5, 0.6) is 0 Å². The van der Waals surface area contributed by atoms with Crippen molar-refractivity contribution in [3.63, 3.8) is 0 Å². The molecule has 0 atom stereocenters. The van der Waals surface area contributed by atoms with Gasteiger partial charge >= 0.3 is 0 Å². The van der Waals surface area contributed by atoms with E-state index < -0.39 is 11.6 Å². The largest absolute Gasteiger partial charge is 0.312 e. The lowest BCUT2D eigenvalue weighted by atomic mass is 10.2. The first-order valence-corrected chi connectivity index (χ1v) is 8.12. The fraction of sp³-hybridized carbons (Fsp3) is 0.438. The van der Waals surface area contributed by atoms with Crippen molar-refractivity contribution in [1.82, 2.24) is 10.3 Å². The summed E-state index contributed by atoms with van der Waals surface area (Å²) in [6.07, 6.45) is 3.02. The number of aryl methyl sites for hydroxylation is 1. The second-order valence-electron chi connectivity index (χ2n) is 4.87. The number of nitrogens with one attached hydrogen (secondary N) is 1. The Morgan fingerprint density at radius 2 is 1.90 bits per heavy atom. The number of rotatable bonds is 7. The highest BCUT2D eigenvalue weighted by Crippen LogP contribution is 2.32. The quantitative estimate of drug-likeness (QED) is 0.759. The molecule has 2 rings (SSSR count). The van der Waals surface area contributed by atoms with Crippen molar-refractivity contribution < 1.29 is 8.78 Å². The molecule has 0 radical (unpaired) electrons. The van der Waals surface area contributed by atoms with Gasteiger partial charge in [-0.25, -0.2) is 13.8 Å². The number of aromatic nitrogens is 1. The molecular weight excluding hydrogens is 290 g/mol. The summed E-state index contributed by atoms with van der Waals surface area (Å²) in [5.41, 5.74) is 0.902. The third-order valence-corrected chi connectivity index (χ3v) is 4.40. The van der Waals surface area contributed by atoms with Crippen molar-refractivity contribution in [2.75, 3.05) is 6.54 Å². The van der Waals surface area contributed by atoms with Gasteiger partial charge in [-0.15, -0.1) is 11.3 Å². The van der Waals surface area contributed by atoms with Gasteiger partial charge in [0.1, 0.15) is 16.6 Å². The number of nitrogens with zero attached hydrogens (tertiary/aromatic N) is 1. The zero-order valence-corrected chi connectivity index (χ0v) is 13.2. The molecule has 5 heteroatoms. The SMILES string of the molecule is CCCCNCc1sc(-c2c(F)cccc2F)nc1CC. The smallest absolute Gasteiger partial charge is 0.136 e. The van der Waals surface area contributed by atoms with Gasteiger partial charge in [0, 0.05) is 11.4 Å². The van der Waals surface area contributed by atoms with E-state index in [1.165, 1.54) is 29.5 Å². The summed E-state index contributed by atoms with van der Waals surface area (Å²) in [5, 5.41) is 3.78. The van der Waals surface area contributed by atoms with Gasteiger partial charge in [0.2, 0.25) is 0 Å². The van der Waals surface area contributed by atoms with E-state index >= 15 is 0 Å². The number of hydrogen-bond donors (Lipinski definition) is 1. The van der Waals surface area contributed by atoms with Crippen LogP contribution in [0.15, 0.2) is 18.2 Å². The molecule has 0 saturated carbocycles. The Hall–Kier alpha value is -1.33. The van der Waals surface area contributed by atoms with Crippen LogP contribution in [0.1, 0.15) is 37.3 Å². The number of hydrogen-bond acceptors (Lipinski definition) is 3. The molecule has 1 aromatic heterocycles. The normalized spacial score (nSPS) is 11.0. The molecule has 0 fully saturated rings. The zero-order chi connectivity index (χ0) is 15.2. The zero-order valence-electron chi connectivity index (χ0n) is 12.4. The van der Waals surface area contributed by atoms with Gasteiger partial charge in [-0.2, -0.15) is 0 Å². The lowest BCUT2D eigenvalue weighted by Crippen LogP contribution is -2.14. The second-order valence-corrected chi connectivity index (χ2v) is 5.95. The van der Waals surface area contributed by atoms with E-state index in [0.717, 1.165) is 36.4 Å². The molecule has 0 aliphatic rings. The molecule has 1 heterocycles. The van der Waals surface area contributed by atoms with E-state index in [-0.39, 0.29) is 5.56 Å². The van der Waals surface area contributed by atoms with Gasteiger partial charge < -0.3 is 5.32 Å². The first-order valence-electron chi connectivity index (χ1n) is 7.31. The molecule has 0 aliphatic heterocycles. The average molecular weight is 310 g/mol. The maximum Gasteiger partial charge on any atom is 0.136 e. The van der Waals surface area contributed by atoms with Crippen LogP contribution in [0.3, 0.4) is 0 Å². The summed E-state index contributed by atoms with van der Waals surface area (Å²) in [6.45, 7) is 5.80. The van der Waals surface area contributed by atoms with Crippen LogP contribution in [-0.4, -0.2) is 11.5 Å². The third kappa shape index (κ3) is 3.86. The summed E-state index contributed by atoms with van der Waals surface area (Å²) in [7, 11) is 0. The second kappa shape index (κ2) is 7.61. The summed E-state index contributed by atoms with van der Waals surface area (Å²) >= 11 is 1.37. The average Bonchev–Trinajstić information content (AvgIpc) is 2.86. The molecule has 2 nitrogen and oxygen atoms in total. The minimum atomic E-state index is -0.558. The van der Waals surface area contributed by atoms with Crippen LogP contribution in [0.2, 0.25) is 0 Å². The molecule has 1 aromatic carbocycles. The molecule has 0 spiro atoms. The Balaban J connectivity index is 2.24. The van der Waals surface area contributed by atoms with E-state index in [1.807, 2.05) is 6.92 Å². The standard InChI is InChI=1S/C16H20F2N2S/c1-3-5-9-19-10-14-13(4-2)20-16(21-14)15-11(17)7-6-8-12(15)18/h6-8,19H,3-5,9-10H2,1-2H3. The fourth-order valence-electron chi connectivity index (χ4n) is 2.11. The molecule has 0 unspecified atom stereocenters. The summed E-state index contributed by atoms with van der Waals surface area (Å²) in [6, 6.07) is 3.91. The summed E-state index contributed by atoms with van der Waals surface area (Å²) in [5.74, 6) is -1.12. The van der Waals surface area contributed by atoms with Crippen LogP contribution in [-0.2, 0) is 13.0 Å². The van der Waals surface area contributed by atoms with E-state index in [1.54, 1.807) is 0 Å². The molecule has 1 N–H and O–H groups in total. The van der Waals surface area contributed by atoms with Crippen LogP contribution < -0.4 is 5.32 Å². The highest BCUT2D eigenvalue weighted by molar-refractivity contribution is 7.15. The Morgan fingerprint density at radius 1 is 1.19 bits per heavy atom. The summed E-state index contributed by atoms with van der Waals surface area (Å²) in [4.78, 5) is 5.48. The van der Waals surface area contributed by atoms with Crippen molar-refractivity contribution >= 4 is 11.3 Å². The molecular formula is C16H20F2N2S. The number of benzene rings is 1. The summed E-state index contributed by atoms with van der Waals surface area (Å²) < 4.78 is 27.7. The molecule has 21 heavy (non-hydrogen) atoms. The van der Waals surface area contributed by atoms with Gasteiger partial charge in [-0.1, -0.05) is 26.3 Å². The Morgan fingerprint density at radius 3 is 2.52 bits per heavy atom. The maximum atomic E-state index is 13.8. The molecule has 2 aromatic rings. The van der Waals surface area contributed by atoms with Crippen LogP contribution in [0.25, 0.3) is 10.6 Å². The van der Waals surface area contributed by atoms with Crippen molar-refractivity contribution in [3.05, 3.63) is 40.4 Å². The van der Waals surface area contributed by atoms with Crippen LogP contribution >= 0.6 is 11.3 Å². The highest BCUT2D eigenvalue weighted by atomic mass is 32.1. The van der Waals surface area contributed by atoms with Gasteiger partial charge in [0.05, 0.1) is 11.3 Å². The Labute approximate surface area is 128 Å². The van der Waals surface area contributed by atoms with Crippen molar-refractivity contribution in [2.24, 2.45) is 0 Å². The lowest BCUT2D eigenvalue weighted by Gasteiger charge is -2.02. The van der Waals surface area contributed by atoms with Crippen LogP contribution in [0.4, 0.5) is 8.78 Å². The minimum absolute atomic E-state index is 0.0167. The van der Waals surface area contributed by atoms with Gasteiger partial charge in [0.25, 0.3) is 0 Å². The first kappa shape index (κ1) is 16.0. The highest BCUT2D eigenvalue weighted by Gasteiger charge is 2.17. The first-order chi connectivity index (χ1) is 10.2. The number of unbranched alkanes of at least 4 members (excludes halogenated alkanes) is 1. The molecule has 0 amide bonds. The Bertz CT molecular complexity index is 576. The van der Waals surface area contributed by atoms with Crippen molar-refractivity contribution in [2.45, 2.75) is 39.7 Å². The van der Waals surface area contributed by atoms with Gasteiger partial charge in [0.15, 0.2) is 0 Å². The molecule has 0 bridgehead atoms. The minimum Gasteiger partial charge on any atom is -0.312 e. The lowest BCUT2D eigenvalue weighted by molar-refractivity contribution is 0.589. The fourth-order valence-corrected chi connectivity index (χ4v) is 3.28. The van der Waals surface area contributed by atoms with E-state index in [4.69, 9.17) is 0 Å². The van der Waals surface area contributed by atoms with Gasteiger partial charge in [-0.3, -0.25) is 0 Å². The Kier molecular flexibility index (Phi) is 5.82. The maximum absolute atomic E-state index is 13.8.